The zero-order valence-electron chi connectivity index (χ0n) is 21.2. The van der Waals surface area contributed by atoms with Gasteiger partial charge in [-0.15, -0.1) is 0 Å². The number of rotatable bonds is 6. The van der Waals surface area contributed by atoms with Crippen molar-refractivity contribution in [1.82, 2.24) is 10.2 Å². The summed E-state index contributed by atoms with van der Waals surface area (Å²) >= 11 is 0. The first-order chi connectivity index (χ1) is 17.0. The van der Waals surface area contributed by atoms with Crippen LogP contribution in [0.1, 0.15) is 43.5 Å². The van der Waals surface area contributed by atoms with Crippen molar-refractivity contribution in [3.05, 3.63) is 77.4 Å². The van der Waals surface area contributed by atoms with Gasteiger partial charge >= 0.3 is 6.09 Å². The molecule has 0 saturated heterocycles. The van der Waals surface area contributed by atoms with Gasteiger partial charge in [0.25, 0.3) is 11.8 Å². The molecule has 0 aliphatic rings. The normalized spacial score (nSPS) is 11.8. The highest BCUT2D eigenvalue weighted by Crippen LogP contribution is 2.26. The predicted molar refractivity (Wildman–Crippen MR) is 141 cm³/mol. The number of ether oxygens (including phenoxy) is 1. The lowest BCUT2D eigenvalue weighted by molar-refractivity contribution is -0.134. The summed E-state index contributed by atoms with van der Waals surface area (Å²) in [4.78, 5) is 39.7. The number of benzene rings is 3. The lowest BCUT2D eigenvalue weighted by atomic mass is 9.99. The van der Waals surface area contributed by atoms with Gasteiger partial charge in [-0.25, -0.2) is 4.79 Å². The van der Waals surface area contributed by atoms with Crippen LogP contribution < -0.4 is 10.6 Å². The fraction of sp³-hybridized carbons (Fsp3) is 0.276. The van der Waals surface area contributed by atoms with Crippen molar-refractivity contribution >= 4 is 34.4 Å². The lowest BCUT2D eigenvalue weighted by Gasteiger charge is -2.27. The Kier molecular flexibility index (Phi) is 8.00. The lowest BCUT2D eigenvalue weighted by Crippen LogP contribution is -2.44. The number of carbonyl (C=O) groups excluding carboxylic acids is 3. The van der Waals surface area contributed by atoms with Crippen LogP contribution in [0, 0.1) is 26.3 Å². The molecule has 0 saturated carbocycles. The SMILES string of the molecule is C#CN(C(=O)CNC(=O)OC(C)(C)C)C(C(=O)Nc1ccc2ccccc2c1)c1ccc(C)c(C)c1. The summed E-state index contributed by atoms with van der Waals surface area (Å²) in [6.45, 7) is 8.60. The van der Waals surface area contributed by atoms with E-state index in [9.17, 15) is 14.4 Å². The molecule has 7 heteroatoms. The highest BCUT2D eigenvalue weighted by atomic mass is 16.6. The number of nitrogens with one attached hydrogen (secondary N) is 2. The Bertz CT molecular complexity index is 1330. The molecule has 0 bridgehead atoms. The summed E-state index contributed by atoms with van der Waals surface area (Å²) < 4.78 is 5.19. The maximum Gasteiger partial charge on any atom is 0.408 e. The Morgan fingerprint density at radius 3 is 2.31 bits per heavy atom. The van der Waals surface area contributed by atoms with Gasteiger partial charge < -0.3 is 15.4 Å². The van der Waals surface area contributed by atoms with Gasteiger partial charge in [0, 0.05) is 11.7 Å². The number of aryl methyl sites for hydroxylation is 2. The van der Waals surface area contributed by atoms with Crippen LogP contribution in [0.2, 0.25) is 0 Å². The Morgan fingerprint density at radius 2 is 1.67 bits per heavy atom. The van der Waals surface area contributed by atoms with E-state index in [1.54, 1.807) is 32.9 Å². The van der Waals surface area contributed by atoms with Gasteiger partial charge in [-0.3, -0.25) is 14.5 Å². The van der Waals surface area contributed by atoms with Crippen molar-refractivity contribution in [3.63, 3.8) is 0 Å². The molecule has 3 aromatic carbocycles. The molecule has 7 nitrogen and oxygen atoms in total. The number of carbonyl (C=O) groups is 3. The van der Waals surface area contributed by atoms with Gasteiger partial charge in [-0.2, -0.15) is 0 Å². The van der Waals surface area contributed by atoms with Crippen LogP contribution in [0.5, 0.6) is 0 Å². The van der Waals surface area contributed by atoms with E-state index in [1.807, 2.05) is 62.4 Å². The fourth-order valence-corrected chi connectivity index (χ4v) is 3.67. The zero-order chi connectivity index (χ0) is 26.5. The van der Waals surface area contributed by atoms with E-state index in [0.29, 0.717) is 11.3 Å². The van der Waals surface area contributed by atoms with Crippen LogP contribution in [0.4, 0.5) is 10.5 Å². The molecule has 0 aliphatic carbocycles. The molecular formula is C29H31N3O4. The van der Waals surface area contributed by atoms with Gasteiger partial charge in [0.1, 0.15) is 18.2 Å². The quantitative estimate of drug-likeness (QED) is 0.377. The van der Waals surface area contributed by atoms with Crippen molar-refractivity contribution in [3.8, 4) is 12.5 Å². The van der Waals surface area contributed by atoms with Crippen molar-refractivity contribution < 1.29 is 19.1 Å². The van der Waals surface area contributed by atoms with Crippen LogP contribution in [0.25, 0.3) is 10.8 Å². The molecule has 0 heterocycles. The van der Waals surface area contributed by atoms with Crippen LogP contribution >= 0.6 is 0 Å². The summed E-state index contributed by atoms with van der Waals surface area (Å²) in [7, 11) is 0. The molecule has 3 rings (SSSR count). The van der Waals surface area contributed by atoms with Gasteiger partial charge in [-0.1, -0.05) is 55.0 Å². The fourth-order valence-electron chi connectivity index (χ4n) is 3.67. The largest absolute Gasteiger partial charge is 0.444 e. The maximum atomic E-state index is 13.6. The average Bonchev–Trinajstić information content (AvgIpc) is 2.81. The number of amides is 3. The number of hydrogen-bond acceptors (Lipinski definition) is 4. The van der Waals surface area contributed by atoms with Gasteiger partial charge in [0.2, 0.25) is 0 Å². The minimum Gasteiger partial charge on any atom is -0.444 e. The number of alkyl carbamates (subject to hydrolysis) is 1. The zero-order valence-corrected chi connectivity index (χ0v) is 21.2. The molecule has 0 radical (unpaired) electrons. The molecule has 3 aromatic rings. The van der Waals surface area contributed by atoms with Gasteiger partial charge in [-0.05, 0) is 74.2 Å². The first kappa shape index (κ1) is 26.3. The molecule has 0 spiro atoms. The van der Waals surface area contributed by atoms with Crippen molar-refractivity contribution in [1.29, 1.82) is 0 Å². The molecule has 186 valence electrons. The average molecular weight is 486 g/mol. The molecular weight excluding hydrogens is 454 g/mol. The minimum absolute atomic E-state index is 0.427. The van der Waals surface area contributed by atoms with Crippen LogP contribution in [-0.2, 0) is 14.3 Å². The Balaban J connectivity index is 1.89. The molecule has 0 aromatic heterocycles. The Hall–Kier alpha value is -4.31. The second-order valence-corrected chi connectivity index (χ2v) is 9.55. The highest BCUT2D eigenvalue weighted by Gasteiger charge is 2.31. The molecule has 1 unspecified atom stereocenters. The molecule has 3 amide bonds. The van der Waals surface area contributed by atoms with Crippen LogP contribution in [0.3, 0.4) is 0 Å². The third-order valence-electron chi connectivity index (χ3n) is 5.56. The van der Waals surface area contributed by atoms with Crippen molar-refractivity contribution in [2.45, 2.75) is 46.3 Å². The third-order valence-corrected chi connectivity index (χ3v) is 5.56. The second-order valence-electron chi connectivity index (χ2n) is 9.55. The van der Waals surface area contributed by atoms with E-state index >= 15 is 0 Å². The predicted octanol–water partition coefficient (Wildman–Crippen LogP) is 5.08. The summed E-state index contributed by atoms with van der Waals surface area (Å²) in [5.74, 6) is -1.10. The highest BCUT2D eigenvalue weighted by molar-refractivity contribution is 6.00. The Labute approximate surface area is 211 Å². The van der Waals surface area contributed by atoms with Crippen LogP contribution in [0.15, 0.2) is 60.7 Å². The number of terminal acetylenes is 1. The van der Waals surface area contributed by atoms with E-state index < -0.39 is 36.1 Å². The van der Waals surface area contributed by atoms with Crippen molar-refractivity contribution in [2.24, 2.45) is 0 Å². The van der Waals surface area contributed by atoms with Gasteiger partial charge in [0.05, 0.1) is 0 Å². The van der Waals surface area contributed by atoms with E-state index in [4.69, 9.17) is 11.2 Å². The summed E-state index contributed by atoms with van der Waals surface area (Å²) in [5, 5.41) is 7.30. The van der Waals surface area contributed by atoms with Crippen LogP contribution in [-0.4, -0.2) is 35.0 Å². The smallest absolute Gasteiger partial charge is 0.408 e. The number of anilines is 1. The maximum absolute atomic E-state index is 13.6. The topological polar surface area (TPSA) is 87.7 Å². The number of fused-ring (bicyclic) bond motifs is 1. The summed E-state index contributed by atoms with van der Waals surface area (Å²) in [5.41, 5.74) is 2.40. The number of nitrogens with zero attached hydrogens (tertiary/aromatic N) is 1. The molecule has 0 fully saturated rings. The molecule has 36 heavy (non-hydrogen) atoms. The molecule has 0 aliphatic heterocycles. The van der Waals surface area contributed by atoms with E-state index in [-0.39, 0.29) is 0 Å². The van der Waals surface area contributed by atoms with Gasteiger partial charge in [0.15, 0.2) is 0 Å². The summed E-state index contributed by atoms with van der Waals surface area (Å²) in [6.07, 6.45) is 4.97. The third kappa shape index (κ3) is 6.63. The van der Waals surface area contributed by atoms with E-state index in [1.165, 1.54) is 0 Å². The monoisotopic (exact) mass is 485 g/mol. The van der Waals surface area contributed by atoms with E-state index in [2.05, 4.69) is 16.7 Å². The molecule has 2 N–H and O–H groups in total. The Morgan fingerprint density at radius 1 is 0.972 bits per heavy atom. The minimum atomic E-state index is -1.12. The first-order valence-corrected chi connectivity index (χ1v) is 11.6. The first-order valence-electron chi connectivity index (χ1n) is 11.6. The number of hydrogen-bond donors (Lipinski definition) is 2. The standard InChI is InChI=1S/C29H31N3O4/c1-7-32(25(33)18-30-28(35)36-29(4,5)6)26(23-13-12-19(2)20(3)16-23)27(34)31-24-15-14-21-10-8-9-11-22(21)17-24/h1,8-17,26H,18H2,2-6H3,(H,30,35)(H,31,34). The van der Waals surface area contributed by atoms with E-state index in [0.717, 1.165) is 26.8 Å². The molecule has 1 atom stereocenters. The second kappa shape index (κ2) is 11.0. The summed E-state index contributed by atoms with van der Waals surface area (Å²) in [6, 6.07) is 20.0. The van der Waals surface area contributed by atoms with Crippen molar-refractivity contribution in [2.75, 3.05) is 11.9 Å².